The number of benzene rings is 2. The number of ether oxygens (including phenoxy) is 1. The van der Waals surface area contributed by atoms with Gasteiger partial charge in [0.15, 0.2) is 0 Å². The fourth-order valence-electron chi connectivity index (χ4n) is 4.22. The van der Waals surface area contributed by atoms with E-state index in [0.717, 1.165) is 12.1 Å². The van der Waals surface area contributed by atoms with Crippen molar-refractivity contribution < 1.29 is 31.9 Å². The molecule has 6 nitrogen and oxygen atoms in total. The first kappa shape index (κ1) is 27.7. The summed E-state index contributed by atoms with van der Waals surface area (Å²) in [6, 6.07) is 7.47. The van der Waals surface area contributed by atoms with Crippen LogP contribution in [0.1, 0.15) is 31.0 Å². The molecule has 2 atom stereocenters. The summed E-state index contributed by atoms with van der Waals surface area (Å²) in [7, 11) is 0. The number of anilines is 1. The molecular weight excluding hydrogens is 502 g/mol. The van der Waals surface area contributed by atoms with Gasteiger partial charge in [0, 0.05) is 31.4 Å². The first-order chi connectivity index (χ1) is 16.9. The van der Waals surface area contributed by atoms with Gasteiger partial charge in [0.2, 0.25) is 5.91 Å². The molecule has 0 saturated carbocycles. The van der Waals surface area contributed by atoms with Crippen LogP contribution in [0.4, 0.5) is 23.2 Å². The van der Waals surface area contributed by atoms with E-state index in [-0.39, 0.29) is 23.2 Å². The molecule has 1 fully saturated rings. The topological polar surface area (TPSA) is 61.9 Å². The van der Waals surface area contributed by atoms with Crippen molar-refractivity contribution in [1.29, 1.82) is 0 Å². The number of carbonyl (C=O) groups excluding carboxylic acids is 2. The van der Waals surface area contributed by atoms with Crippen LogP contribution >= 0.6 is 11.6 Å². The molecule has 196 valence electrons. The van der Waals surface area contributed by atoms with Crippen LogP contribution in [0.25, 0.3) is 0 Å². The zero-order chi connectivity index (χ0) is 26.6. The summed E-state index contributed by atoms with van der Waals surface area (Å²) < 4.78 is 55.8. The van der Waals surface area contributed by atoms with Crippen molar-refractivity contribution in [2.75, 3.05) is 30.4 Å². The largest absolute Gasteiger partial charge is 0.573 e. The molecule has 0 aromatic heterocycles. The maximum atomic E-state index is 13.9. The molecule has 11 heteroatoms. The second-order valence-corrected chi connectivity index (χ2v) is 9.20. The minimum absolute atomic E-state index is 0.0364. The van der Waals surface area contributed by atoms with Crippen molar-refractivity contribution in [3.8, 4) is 5.75 Å². The molecule has 0 spiro atoms. The molecular formula is C25H28ClF4N3O3. The highest BCUT2D eigenvalue weighted by atomic mass is 35.5. The van der Waals surface area contributed by atoms with E-state index in [9.17, 15) is 27.2 Å². The number of nitrogens with one attached hydrogen (secondary N) is 1. The molecule has 1 unspecified atom stereocenters. The van der Waals surface area contributed by atoms with Gasteiger partial charge in [-0.3, -0.25) is 14.5 Å². The minimum Gasteiger partial charge on any atom is -0.406 e. The first-order valence-electron chi connectivity index (χ1n) is 11.4. The third kappa shape index (κ3) is 6.67. The third-order valence-corrected chi connectivity index (χ3v) is 6.27. The van der Waals surface area contributed by atoms with Crippen LogP contribution in [0.2, 0.25) is 0 Å². The highest BCUT2D eigenvalue weighted by molar-refractivity contribution is 6.30. The van der Waals surface area contributed by atoms with Crippen molar-refractivity contribution in [1.82, 2.24) is 10.2 Å². The van der Waals surface area contributed by atoms with Crippen molar-refractivity contribution in [3.63, 3.8) is 0 Å². The lowest BCUT2D eigenvalue weighted by Crippen LogP contribution is -2.57. The fraction of sp³-hybridized carbons (Fsp3) is 0.440. The third-order valence-electron chi connectivity index (χ3n) is 6.04. The molecule has 0 bridgehead atoms. The number of hydrogen-bond acceptors (Lipinski definition) is 4. The van der Waals surface area contributed by atoms with Gasteiger partial charge < -0.3 is 15.0 Å². The maximum absolute atomic E-state index is 13.9. The van der Waals surface area contributed by atoms with Crippen molar-refractivity contribution >= 4 is 29.1 Å². The van der Waals surface area contributed by atoms with Crippen LogP contribution in [0.3, 0.4) is 0 Å². The molecule has 3 rings (SSSR count). The van der Waals surface area contributed by atoms with Gasteiger partial charge in [-0.15, -0.1) is 24.8 Å². The van der Waals surface area contributed by atoms with Gasteiger partial charge in [-0.05, 0) is 54.3 Å². The Morgan fingerprint density at radius 1 is 1.19 bits per heavy atom. The van der Waals surface area contributed by atoms with E-state index in [1.54, 1.807) is 4.90 Å². The second kappa shape index (κ2) is 11.5. The lowest BCUT2D eigenvalue weighted by atomic mass is 9.98. The SMILES string of the molecule is Cc1cc(OC(F)(F)F)ccc1N(C(=O)CCl)[C@@H](C(=O)N1CCNC(C(C)C)C1)c1ccc(F)cc1. The molecule has 1 N–H and O–H groups in total. The van der Waals surface area contributed by atoms with Gasteiger partial charge >= 0.3 is 6.36 Å². The highest BCUT2D eigenvalue weighted by Gasteiger charge is 2.38. The van der Waals surface area contributed by atoms with Crippen LogP contribution in [0, 0.1) is 18.7 Å². The zero-order valence-electron chi connectivity index (χ0n) is 20.1. The van der Waals surface area contributed by atoms with E-state index in [1.165, 1.54) is 42.2 Å². The molecule has 1 saturated heterocycles. The highest BCUT2D eigenvalue weighted by Crippen LogP contribution is 2.35. The minimum atomic E-state index is -4.89. The van der Waals surface area contributed by atoms with E-state index in [4.69, 9.17) is 11.6 Å². The Kier molecular flexibility index (Phi) is 8.84. The van der Waals surface area contributed by atoms with Gasteiger partial charge in [0.1, 0.15) is 23.5 Å². The van der Waals surface area contributed by atoms with E-state index in [1.807, 2.05) is 13.8 Å². The smallest absolute Gasteiger partial charge is 0.406 e. The summed E-state index contributed by atoms with van der Waals surface area (Å²) in [5, 5.41) is 3.37. The Morgan fingerprint density at radius 3 is 2.42 bits per heavy atom. The molecule has 36 heavy (non-hydrogen) atoms. The van der Waals surface area contributed by atoms with E-state index < -0.39 is 41.7 Å². The Labute approximate surface area is 212 Å². The summed E-state index contributed by atoms with van der Waals surface area (Å²) in [4.78, 5) is 29.9. The molecule has 2 aromatic carbocycles. The quantitative estimate of drug-likeness (QED) is 0.413. The number of piperazine rings is 1. The summed E-state index contributed by atoms with van der Waals surface area (Å²) in [5.74, 6) is -2.26. The molecule has 0 aliphatic carbocycles. The Morgan fingerprint density at radius 2 is 1.86 bits per heavy atom. The van der Waals surface area contributed by atoms with Crippen LogP contribution in [-0.2, 0) is 9.59 Å². The van der Waals surface area contributed by atoms with Crippen molar-refractivity contribution in [2.24, 2.45) is 5.92 Å². The number of rotatable bonds is 7. The second-order valence-electron chi connectivity index (χ2n) is 8.94. The van der Waals surface area contributed by atoms with Crippen molar-refractivity contribution in [3.05, 3.63) is 59.4 Å². The van der Waals surface area contributed by atoms with Crippen LogP contribution in [0.5, 0.6) is 5.75 Å². The van der Waals surface area contributed by atoms with Gasteiger partial charge in [-0.2, -0.15) is 0 Å². The van der Waals surface area contributed by atoms with Gasteiger partial charge in [-0.25, -0.2) is 4.39 Å². The van der Waals surface area contributed by atoms with Gasteiger partial charge in [0.05, 0.1) is 0 Å². The predicted octanol–water partition coefficient (Wildman–Crippen LogP) is 4.80. The number of nitrogens with zero attached hydrogens (tertiary/aromatic N) is 2. The summed E-state index contributed by atoms with van der Waals surface area (Å²) in [5.41, 5.74) is 0.790. The van der Waals surface area contributed by atoms with E-state index in [0.29, 0.717) is 25.2 Å². The standard InChI is InChI=1S/C25H28ClF4N3O3/c1-15(2)20-14-32(11-10-31-20)24(35)23(17-4-6-18(27)7-5-17)33(22(34)13-26)21-9-8-19(12-16(21)3)36-25(28,29)30/h4-9,12,15,20,23,31H,10-11,13-14H2,1-3H3/t20?,23-/m1/s1. The van der Waals surface area contributed by atoms with Gasteiger partial charge in [0.25, 0.3) is 5.91 Å². The molecule has 0 radical (unpaired) electrons. The van der Waals surface area contributed by atoms with Gasteiger partial charge in [-0.1, -0.05) is 26.0 Å². The Hall–Kier alpha value is -2.85. The van der Waals surface area contributed by atoms with Crippen molar-refractivity contribution in [2.45, 2.75) is 39.2 Å². The lowest BCUT2D eigenvalue weighted by Gasteiger charge is -2.40. The average molecular weight is 530 g/mol. The summed E-state index contributed by atoms with van der Waals surface area (Å²) >= 11 is 5.92. The fourth-order valence-corrected chi connectivity index (χ4v) is 4.35. The predicted molar refractivity (Wildman–Crippen MR) is 128 cm³/mol. The van der Waals surface area contributed by atoms with Crippen LogP contribution in [0.15, 0.2) is 42.5 Å². The first-order valence-corrected chi connectivity index (χ1v) is 12.0. The molecule has 2 aromatic rings. The lowest BCUT2D eigenvalue weighted by molar-refractivity contribution is -0.274. The zero-order valence-corrected chi connectivity index (χ0v) is 20.9. The molecule has 2 amide bonds. The Bertz CT molecular complexity index is 1080. The number of amides is 2. The molecule has 1 heterocycles. The average Bonchev–Trinajstić information content (AvgIpc) is 2.82. The number of alkyl halides is 4. The van der Waals surface area contributed by atoms with Crippen LogP contribution < -0.4 is 15.0 Å². The molecule has 1 aliphatic rings. The number of hydrogen-bond donors (Lipinski definition) is 1. The summed E-state index contributed by atoms with van der Waals surface area (Å²) in [6.45, 7) is 6.89. The Balaban J connectivity index is 2.09. The van der Waals surface area contributed by atoms with E-state index in [2.05, 4.69) is 10.1 Å². The summed E-state index contributed by atoms with van der Waals surface area (Å²) in [6.07, 6.45) is -4.89. The maximum Gasteiger partial charge on any atom is 0.573 e. The number of halogens is 5. The monoisotopic (exact) mass is 529 g/mol. The number of carbonyl (C=O) groups is 2. The van der Waals surface area contributed by atoms with E-state index >= 15 is 0 Å². The van der Waals surface area contributed by atoms with Crippen LogP contribution in [-0.4, -0.2) is 54.6 Å². The normalized spacial score (nSPS) is 17.1. The molecule has 1 aliphatic heterocycles. The number of aryl methyl sites for hydroxylation is 1.